The summed E-state index contributed by atoms with van der Waals surface area (Å²) in [6.45, 7) is 2.57. The van der Waals surface area contributed by atoms with Gasteiger partial charge in [0.05, 0.1) is 6.61 Å². The van der Waals surface area contributed by atoms with E-state index in [0.717, 1.165) is 41.9 Å². The molecule has 3 nitrogen and oxygen atoms in total. The average Bonchev–Trinajstić information content (AvgIpc) is 2.76. The van der Waals surface area contributed by atoms with Crippen molar-refractivity contribution in [2.24, 2.45) is 0 Å². The number of benzene rings is 1. The number of anilines is 1. The van der Waals surface area contributed by atoms with Crippen LogP contribution in [0.4, 0.5) is 5.69 Å². The summed E-state index contributed by atoms with van der Waals surface area (Å²) in [6.07, 6.45) is 1.11. The zero-order chi connectivity index (χ0) is 11.5. The highest BCUT2D eigenvalue weighted by Crippen LogP contribution is 2.25. The van der Waals surface area contributed by atoms with Crippen molar-refractivity contribution in [2.45, 2.75) is 19.0 Å². The van der Waals surface area contributed by atoms with Gasteiger partial charge >= 0.3 is 0 Å². The lowest BCUT2D eigenvalue weighted by molar-refractivity contribution is 0.156. The molecule has 16 heavy (non-hydrogen) atoms. The summed E-state index contributed by atoms with van der Waals surface area (Å²) in [5.41, 5.74) is 7.99. The van der Waals surface area contributed by atoms with Gasteiger partial charge < -0.3 is 10.5 Å². The number of halogens is 1. The fourth-order valence-corrected chi connectivity index (χ4v) is 2.50. The highest BCUT2D eigenvalue weighted by Gasteiger charge is 2.21. The fraction of sp³-hybridized carbons (Fsp3) is 0.500. The van der Waals surface area contributed by atoms with Gasteiger partial charge in [0.25, 0.3) is 0 Å². The number of likely N-dealkylation sites (N-methyl/N-ethyl adjacent to an activating group) is 1. The second-order valence-corrected chi connectivity index (χ2v) is 5.09. The Bertz CT molecular complexity index is 344. The third-order valence-corrected chi connectivity index (χ3v) is 3.83. The van der Waals surface area contributed by atoms with Crippen LogP contribution >= 0.6 is 15.9 Å². The maximum absolute atomic E-state index is 5.98. The minimum Gasteiger partial charge on any atom is -0.398 e. The summed E-state index contributed by atoms with van der Waals surface area (Å²) in [5.74, 6) is 0. The number of ether oxygens (including phenoxy) is 1. The number of nitrogens with zero attached hydrogens (tertiary/aromatic N) is 1. The lowest BCUT2D eigenvalue weighted by Gasteiger charge is -2.24. The van der Waals surface area contributed by atoms with Gasteiger partial charge in [0, 0.05) is 34.9 Å². The molecule has 1 saturated heterocycles. The van der Waals surface area contributed by atoms with Crippen molar-refractivity contribution < 1.29 is 4.74 Å². The minimum absolute atomic E-state index is 0.520. The quantitative estimate of drug-likeness (QED) is 0.866. The number of nitrogen functional groups attached to an aromatic ring is 1. The van der Waals surface area contributed by atoms with Gasteiger partial charge in [0.2, 0.25) is 0 Å². The number of nitrogens with two attached hydrogens (primary N) is 1. The molecule has 1 heterocycles. The molecular formula is C12H17BrN2O. The maximum atomic E-state index is 5.98. The molecule has 1 aliphatic rings. The predicted molar refractivity (Wildman–Crippen MR) is 69.2 cm³/mol. The molecule has 2 N–H and O–H groups in total. The molecule has 0 aliphatic carbocycles. The van der Waals surface area contributed by atoms with Crippen molar-refractivity contribution in [2.75, 3.05) is 26.0 Å². The molecule has 0 bridgehead atoms. The largest absolute Gasteiger partial charge is 0.398 e. The number of rotatable bonds is 3. The van der Waals surface area contributed by atoms with Gasteiger partial charge in [-0.15, -0.1) is 0 Å². The molecule has 1 fully saturated rings. The third kappa shape index (κ3) is 2.56. The molecule has 0 aromatic heterocycles. The Morgan fingerprint density at radius 2 is 2.38 bits per heavy atom. The molecule has 0 amide bonds. The van der Waals surface area contributed by atoms with Crippen LogP contribution in [0.25, 0.3) is 0 Å². The second kappa shape index (κ2) is 5.17. The smallest absolute Gasteiger partial charge is 0.0622 e. The normalized spacial score (nSPS) is 20.6. The summed E-state index contributed by atoms with van der Waals surface area (Å²) < 4.78 is 6.47. The standard InChI is InChI=1S/C12H17BrN2O/c1-15(9-5-6-16-8-9)7-10-11(13)3-2-4-12(10)14/h2-4,9H,5-8,14H2,1H3. The minimum atomic E-state index is 0.520. The first kappa shape index (κ1) is 11.9. The van der Waals surface area contributed by atoms with E-state index >= 15 is 0 Å². The molecule has 88 valence electrons. The van der Waals surface area contributed by atoms with Crippen LogP contribution in [0.1, 0.15) is 12.0 Å². The van der Waals surface area contributed by atoms with Crippen molar-refractivity contribution in [3.8, 4) is 0 Å². The highest BCUT2D eigenvalue weighted by atomic mass is 79.9. The Morgan fingerprint density at radius 1 is 1.56 bits per heavy atom. The maximum Gasteiger partial charge on any atom is 0.0622 e. The summed E-state index contributed by atoms with van der Waals surface area (Å²) in [5, 5.41) is 0. The van der Waals surface area contributed by atoms with Crippen LogP contribution in [0.2, 0.25) is 0 Å². The Labute approximate surface area is 105 Å². The van der Waals surface area contributed by atoms with Gasteiger partial charge in [-0.25, -0.2) is 0 Å². The molecule has 1 atom stereocenters. The van der Waals surface area contributed by atoms with Gasteiger partial charge in [0.15, 0.2) is 0 Å². The van der Waals surface area contributed by atoms with Crippen LogP contribution in [0.5, 0.6) is 0 Å². The van der Waals surface area contributed by atoms with E-state index in [-0.39, 0.29) is 0 Å². The Morgan fingerprint density at radius 3 is 3.00 bits per heavy atom. The third-order valence-electron chi connectivity index (χ3n) is 3.09. The van der Waals surface area contributed by atoms with E-state index in [1.54, 1.807) is 0 Å². The van der Waals surface area contributed by atoms with Crippen molar-refractivity contribution in [3.63, 3.8) is 0 Å². The first-order valence-electron chi connectivity index (χ1n) is 5.49. The molecule has 0 spiro atoms. The highest BCUT2D eigenvalue weighted by molar-refractivity contribution is 9.10. The van der Waals surface area contributed by atoms with Gasteiger partial charge in [0.1, 0.15) is 0 Å². The fourth-order valence-electron chi connectivity index (χ4n) is 1.99. The van der Waals surface area contributed by atoms with E-state index < -0.39 is 0 Å². The summed E-state index contributed by atoms with van der Waals surface area (Å²) in [6, 6.07) is 6.46. The zero-order valence-electron chi connectivity index (χ0n) is 9.45. The first-order chi connectivity index (χ1) is 7.68. The van der Waals surface area contributed by atoms with Crippen molar-refractivity contribution in [1.29, 1.82) is 0 Å². The van der Waals surface area contributed by atoms with Crippen LogP contribution in [-0.4, -0.2) is 31.2 Å². The lowest BCUT2D eigenvalue weighted by atomic mass is 10.1. The van der Waals surface area contributed by atoms with Gasteiger partial charge in [-0.05, 0) is 25.6 Å². The number of hydrogen-bond acceptors (Lipinski definition) is 3. The van der Waals surface area contributed by atoms with E-state index in [9.17, 15) is 0 Å². The molecule has 4 heteroatoms. The van der Waals surface area contributed by atoms with E-state index in [4.69, 9.17) is 10.5 Å². The van der Waals surface area contributed by atoms with Crippen LogP contribution in [-0.2, 0) is 11.3 Å². The molecule has 2 rings (SSSR count). The molecule has 1 aromatic carbocycles. The van der Waals surface area contributed by atoms with Gasteiger partial charge in [-0.2, -0.15) is 0 Å². The van der Waals surface area contributed by atoms with Crippen molar-refractivity contribution in [3.05, 3.63) is 28.2 Å². The van der Waals surface area contributed by atoms with Crippen molar-refractivity contribution in [1.82, 2.24) is 4.90 Å². The van der Waals surface area contributed by atoms with Crippen LogP contribution in [0.15, 0.2) is 22.7 Å². The lowest BCUT2D eigenvalue weighted by Crippen LogP contribution is -2.31. The van der Waals surface area contributed by atoms with Gasteiger partial charge in [-0.3, -0.25) is 4.90 Å². The number of hydrogen-bond donors (Lipinski definition) is 1. The van der Waals surface area contributed by atoms with Crippen LogP contribution in [0.3, 0.4) is 0 Å². The molecule has 0 radical (unpaired) electrons. The second-order valence-electron chi connectivity index (χ2n) is 4.24. The Kier molecular flexibility index (Phi) is 3.84. The summed E-state index contributed by atoms with van der Waals surface area (Å²) in [4.78, 5) is 2.31. The monoisotopic (exact) mass is 284 g/mol. The summed E-state index contributed by atoms with van der Waals surface area (Å²) in [7, 11) is 2.12. The molecular weight excluding hydrogens is 268 g/mol. The molecule has 1 aliphatic heterocycles. The zero-order valence-corrected chi connectivity index (χ0v) is 11.0. The van der Waals surface area contributed by atoms with E-state index in [2.05, 4.69) is 27.9 Å². The predicted octanol–water partition coefficient (Wildman–Crippen LogP) is 2.25. The van der Waals surface area contributed by atoms with Crippen molar-refractivity contribution >= 4 is 21.6 Å². The topological polar surface area (TPSA) is 38.5 Å². The van der Waals surface area contributed by atoms with Crippen LogP contribution in [0, 0.1) is 0 Å². The van der Waals surface area contributed by atoms with E-state index in [1.165, 1.54) is 0 Å². The SMILES string of the molecule is CN(Cc1c(N)cccc1Br)C1CCOC1. The molecule has 0 saturated carbocycles. The van der Waals surface area contributed by atoms with Crippen LogP contribution < -0.4 is 5.73 Å². The molecule has 1 aromatic rings. The Hall–Kier alpha value is -0.580. The van der Waals surface area contributed by atoms with Gasteiger partial charge in [-0.1, -0.05) is 22.0 Å². The summed E-state index contributed by atoms with van der Waals surface area (Å²) >= 11 is 3.55. The first-order valence-corrected chi connectivity index (χ1v) is 6.28. The van der Waals surface area contributed by atoms with E-state index in [1.807, 2.05) is 18.2 Å². The molecule has 1 unspecified atom stereocenters. The Balaban J connectivity index is 2.07. The van der Waals surface area contributed by atoms with E-state index in [0.29, 0.717) is 6.04 Å². The average molecular weight is 285 g/mol.